The third-order valence-corrected chi connectivity index (χ3v) is 5.02. The number of aromatic nitrogens is 2. The molecule has 0 radical (unpaired) electrons. The molecular weight excluding hydrogens is 352 g/mol. The van der Waals surface area contributed by atoms with Gasteiger partial charge in [0, 0.05) is 12.7 Å². The second-order valence-corrected chi connectivity index (χ2v) is 7.58. The molecule has 1 unspecified atom stereocenters. The molecule has 3 rings (SSSR count). The van der Waals surface area contributed by atoms with Gasteiger partial charge in [0.05, 0.1) is 22.7 Å². The van der Waals surface area contributed by atoms with Crippen molar-refractivity contribution in [1.29, 1.82) is 0 Å². The zero-order chi connectivity index (χ0) is 20.3. The highest BCUT2D eigenvalue weighted by Crippen LogP contribution is 2.24. The summed E-state index contributed by atoms with van der Waals surface area (Å²) in [6.07, 6.45) is 2.55. The van der Waals surface area contributed by atoms with Gasteiger partial charge in [0.1, 0.15) is 0 Å². The average Bonchev–Trinajstić information content (AvgIpc) is 3.11. The molecule has 0 fully saturated rings. The van der Waals surface area contributed by atoms with Crippen LogP contribution >= 0.6 is 0 Å². The minimum atomic E-state index is -0.151. The molecule has 2 heterocycles. The van der Waals surface area contributed by atoms with Crippen molar-refractivity contribution in [2.75, 3.05) is 20.6 Å². The molecule has 1 aromatic carbocycles. The molecule has 2 aromatic heterocycles. The lowest BCUT2D eigenvalue weighted by molar-refractivity contribution is 0.0941. The van der Waals surface area contributed by atoms with Gasteiger partial charge >= 0.3 is 0 Å². The third-order valence-electron chi connectivity index (χ3n) is 5.02. The molecule has 1 atom stereocenters. The molecule has 6 nitrogen and oxygen atoms in total. The fourth-order valence-electron chi connectivity index (χ4n) is 3.26. The first-order valence-electron chi connectivity index (χ1n) is 9.69. The lowest BCUT2D eigenvalue weighted by atomic mass is 10.0. The monoisotopic (exact) mass is 380 g/mol. The van der Waals surface area contributed by atoms with Gasteiger partial charge in [-0.05, 0) is 43.6 Å². The second-order valence-electron chi connectivity index (χ2n) is 7.58. The Kier molecular flexibility index (Phi) is 6.09. The summed E-state index contributed by atoms with van der Waals surface area (Å²) in [6, 6.07) is 10.5. The Morgan fingerprint density at radius 2 is 1.93 bits per heavy atom. The molecule has 28 heavy (non-hydrogen) atoms. The molecule has 0 bridgehead atoms. The first-order valence-corrected chi connectivity index (χ1v) is 9.69. The van der Waals surface area contributed by atoms with E-state index in [9.17, 15) is 4.79 Å². The van der Waals surface area contributed by atoms with Crippen LogP contribution in [0.25, 0.3) is 11.1 Å². The summed E-state index contributed by atoms with van der Waals surface area (Å²) in [7, 11) is 4.04. The number of carbonyl (C=O) groups excluding carboxylic acids is 1. The molecule has 1 N–H and O–H groups in total. The molecule has 0 aliphatic rings. The van der Waals surface area contributed by atoms with Crippen LogP contribution < -0.4 is 5.32 Å². The number of hydrogen-bond acceptors (Lipinski definition) is 5. The number of fused-ring (bicyclic) bond motifs is 1. The number of carbonyl (C=O) groups is 1. The van der Waals surface area contributed by atoms with Crippen LogP contribution in [0.3, 0.4) is 0 Å². The van der Waals surface area contributed by atoms with E-state index in [2.05, 4.69) is 51.5 Å². The summed E-state index contributed by atoms with van der Waals surface area (Å²) < 4.78 is 5.25. The number of aryl methyl sites for hydroxylation is 1. The Balaban J connectivity index is 1.75. The molecule has 0 aliphatic carbocycles. The Bertz CT molecular complexity index is 945. The van der Waals surface area contributed by atoms with Crippen LogP contribution in [-0.4, -0.2) is 41.6 Å². The van der Waals surface area contributed by atoms with Crippen LogP contribution in [0, 0.1) is 0 Å². The van der Waals surface area contributed by atoms with E-state index in [1.54, 1.807) is 0 Å². The SMILES string of the molecule is CCc1ccc(C(CNC(=O)c2cnc3onc(C(C)C)c3c2)N(C)C)cc1. The number of pyridine rings is 1. The van der Waals surface area contributed by atoms with Gasteiger partial charge in [0.25, 0.3) is 11.6 Å². The van der Waals surface area contributed by atoms with Gasteiger partial charge in [-0.2, -0.15) is 0 Å². The van der Waals surface area contributed by atoms with E-state index in [-0.39, 0.29) is 17.9 Å². The number of rotatable bonds is 7. The Morgan fingerprint density at radius 3 is 2.54 bits per heavy atom. The smallest absolute Gasteiger partial charge is 0.257 e. The summed E-state index contributed by atoms with van der Waals surface area (Å²) in [5, 5.41) is 7.91. The molecule has 0 spiro atoms. The van der Waals surface area contributed by atoms with Crippen LogP contribution in [0.5, 0.6) is 0 Å². The van der Waals surface area contributed by atoms with E-state index < -0.39 is 0 Å². The van der Waals surface area contributed by atoms with E-state index >= 15 is 0 Å². The van der Waals surface area contributed by atoms with E-state index in [1.807, 2.05) is 34.0 Å². The molecule has 0 saturated heterocycles. The van der Waals surface area contributed by atoms with Crippen molar-refractivity contribution in [2.45, 2.75) is 39.2 Å². The zero-order valence-corrected chi connectivity index (χ0v) is 17.2. The Hall–Kier alpha value is -2.73. The molecule has 0 saturated carbocycles. The third kappa shape index (κ3) is 4.22. The molecule has 148 valence electrons. The van der Waals surface area contributed by atoms with Crippen LogP contribution in [-0.2, 0) is 6.42 Å². The molecule has 6 heteroatoms. The van der Waals surface area contributed by atoms with Crippen molar-refractivity contribution in [3.63, 3.8) is 0 Å². The molecule has 0 aliphatic heterocycles. The summed E-state index contributed by atoms with van der Waals surface area (Å²) >= 11 is 0. The standard InChI is InChI=1S/C22H28N4O2/c1-6-15-7-9-16(10-8-15)19(26(4)5)13-23-21(27)17-11-18-20(14(2)3)25-28-22(18)24-12-17/h7-12,14,19H,6,13H2,1-5H3,(H,23,27). The van der Waals surface area contributed by atoms with E-state index in [1.165, 1.54) is 17.3 Å². The quantitative estimate of drug-likeness (QED) is 0.672. The van der Waals surface area contributed by atoms with Crippen molar-refractivity contribution >= 4 is 17.0 Å². The predicted octanol–water partition coefficient (Wildman–Crippen LogP) is 3.94. The van der Waals surface area contributed by atoms with Crippen LogP contribution in [0.15, 0.2) is 41.1 Å². The number of nitrogens with one attached hydrogen (secondary N) is 1. The van der Waals surface area contributed by atoms with Gasteiger partial charge in [0.15, 0.2) is 0 Å². The first kappa shape index (κ1) is 20.0. The number of hydrogen-bond donors (Lipinski definition) is 1. The fourth-order valence-corrected chi connectivity index (χ4v) is 3.26. The first-order chi connectivity index (χ1) is 13.4. The Labute approximate surface area is 165 Å². The normalized spacial score (nSPS) is 12.7. The molecule has 1 amide bonds. The zero-order valence-electron chi connectivity index (χ0n) is 17.2. The lowest BCUT2D eigenvalue weighted by Gasteiger charge is -2.25. The maximum absolute atomic E-state index is 12.7. The Morgan fingerprint density at radius 1 is 1.21 bits per heavy atom. The largest absolute Gasteiger partial charge is 0.350 e. The second kappa shape index (κ2) is 8.52. The average molecular weight is 380 g/mol. The van der Waals surface area contributed by atoms with Gasteiger partial charge in [0.2, 0.25) is 0 Å². The number of benzene rings is 1. The minimum Gasteiger partial charge on any atom is -0.350 e. The van der Waals surface area contributed by atoms with Crippen molar-refractivity contribution in [3.8, 4) is 0 Å². The number of likely N-dealkylation sites (N-methyl/N-ethyl adjacent to an activating group) is 1. The predicted molar refractivity (Wildman–Crippen MR) is 110 cm³/mol. The van der Waals surface area contributed by atoms with Crippen LogP contribution in [0.1, 0.15) is 59.9 Å². The van der Waals surface area contributed by atoms with Crippen molar-refractivity contribution in [1.82, 2.24) is 20.4 Å². The highest BCUT2D eigenvalue weighted by Gasteiger charge is 2.18. The topological polar surface area (TPSA) is 71.3 Å². The number of nitrogens with zero attached hydrogens (tertiary/aromatic N) is 3. The van der Waals surface area contributed by atoms with Gasteiger partial charge in [-0.25, -0.2) is 4.98 Å². The number of amides is 1. The lowest BCUT2D eigenvalue weighted by Crippen LogP contribution is -2.34. The van der Waals surface area contributed by atoms with Crippen LogP contribution in [0.2, 0.25) is 0 Å². The van der Waals surface area contributed by atoms with E-state index in [4.69, 9.17) is 4.52 Å². The minimum absolute atomic E-state index is 0.0911. The highest BCUT2D eigenvalue weighted by atomic mass is 16.5. The van der Waals surface area contributed by atoms with Crippen molar-refractivity contribution < 1.29 is 9.32 Å². The highest BCUT2D eigenvalue weighted by molar-refractivity contribution is 5.97. The van der Waals surface area contributed by atoms with Crippen molar-refractivity contribution in [2.24, 2.45) is 0 Å². The van der Waals surface area contributed by atoms with E-state index in [0.29, 0.717) is 17.8 Å². The summed E-state index contributed by atoms with van der Waals surface area (Å²) in [6.45, 7) is 6.73. The van der Waals surface area contributed by atoms with Gasteiger partial charge in [-0.3, -0.25) is 4.79 Å². The summed E-state index contributed by atoms with van der Waals surface area (Å²) in [5.41, 5.74) is 4.27. The fraction of sp³-hybridized carbons (Fsp3) is 0.409. The summed E-state index contributed by atoms with van der Waals surface area (Å²) in [5.74, 6) is 0.0490. The summed E-state index contributed by atoms with van der Waals surface area (Å²) in [4.78, 5) is 19.1. The van der Waals surface area contributed by atoms with Gasteiger partial charge in [-0.1, -0.05) is 50.2 Å². The van der Waals surface area contributed by atoms with E-state index in [0.717, 1.165) is 17.5 Å². The van der Waals surface area contributed by atoms with Crippen LogP contribution in [0.4, 0.5) is 0 Å². The maximum atomic E-state index is 12.7. The molecule has 3 aromatic rings. The maximum Gasteiger partial charge on any atom is 0.257 e. The van der Waals surface area contributed by atoms with Crippen molar-refractivity contribution in [3.05, 3.63) is 58.9 Å². The van der Waals surface area contributed by atoms with Gasteiger partial charge in [-0.15, -0.1) is 0 Å². The molecular formula is C22H28N4O2. The van der Waals surface area contributed by atoms with Gasteiger partial charge < -0.3 is 14.7 Å².